The molecule has 0 saturated carbocycles. The van der Waals surface area contributed by atoms with Crippen LogP contribution in [0.25, 0.3) is 11.3 Å². The van der Waals surface area contributed by atoms with Crippen molar-refractivity contribution in [3.63, 3.8) is 0 Å². The first-order valence-corrected chi connectivity index (χ1v) is 7.14. The summed E-state index contributed by atoms with van der Waals surface area (Å²) in [5.74, 6) is -0.395. The van der Waals surface area contributed by atoms with Gasteiger partial charge in [0, 0.05) is 17.4 Å². The van der Waals surface area contributed by atoms with Gasteiger partial charge in [0.05, 0.1) is 16.4 Å². The van der Waals surface area contributed by atoms with Gasteiger partial charge < -0.3 is 5.73 Å². The van der Waals surface area contributed by atoms with E-state index < -0.39 is 5.82 Å². The second-order valence-corrected chi connectivity index (χ2v) is 5.47. The summed E-state index contributed by atoms with van der Waals surface area (Å²) in [6.45, 7) is 0. The lowest BCUT2D eigenvalue weighted by atomic mass is 10.1. The van der Waals surface area contributed by atoms with Crippen LogP contribution in [0.2, 0.25) is 0 Å². The van der Waals surface area contributed by atoms with Gasteiger partial charge in [-0.3, -0.25) is 0 Å². The van der Waals surface area contributed by atoms with Crippen molar-refractivity contribution in [1.82, 2.24) is 4.98 Å². The van der Waals surface area contributed by atoms with Gasteiger partial charge in [-0.2, -0.15) is 0 Å². The minimum atomic E-state index is -0.395. The molecule has 3 aromatic rings. The molecule has 0 radical (unpaired) electrons. The highest BCUT2D eigenvalue weighted by Gasteiger charge is 2.07. The van der Waals surface area contributed by atoms with Gasteiger partial charge in [-0.15, -0.1) is 11.3 Å². The fraction of sp³-hybridized carbons (Fsp3) is 0.0625. The normalized spacial score (nSPS) is 10.7. The molecule has 1 heterocycles. The average molecular weight is 284 g/mol. The third-order valence-corrected chi connectivity index (χ3v) is 3.89. The van der Waals surface area contributed by atoms with Gasteiger partial charge in [-0.1, -0.05) is 30.3 Å². The molecule has 0 atom stereocenters. The van der Waals surface area contributed by atoms with Crippen LogP contribution in [0.15, 0.2) is 53.9 Å². The Hall–Kier alpha value is -2.20. The van der Waals surface area contributed by atoms with Crippen molar-refractivity contribution in [1.29, 1.82) is 0 Å². The Balaban J connectivity index is 1.84. The molecule has 0 unspecified atom stereocenters. The first-order valence-electron chi connectivity index (χ1n) is 6.26. The Morgan fingerprint density at radius 1 is 1.10 bits per heavy atom. The number of aromatic nitrogens is 1. The van der Waals surface area contributed by atoms with E-state index in [9.17, 15) is 4.39 Å². The highest BCUT2D eigenvalue weighted by atomic mass is 32.1. The lowest BCUT2D eigenvalue weighted by molar-refractivity contribution is 0.632. The maximum Gasteiger partial charge on any atom is 0.146 e. The van der Waals surface area contributed by atoms with Gasteiger partial charge in [0.1, 0.15) is 5.82 Å². The molecule has 0 aliphatic carbocycles. The minimum absolute atomic E-state index is 0.153. The Kier molecular flexibility index (Phi) is 3.48. The van der Waals surface area contributed by atoms with Crippen LogP contribution in [0, 0.1) is 5.82 Å². The molecule has 3 rings (SSSR count). The van der Waals surface area contributed by atoms with E-state index in [0.29, 0.717) is 0 Å². The maximum absolute atomic E-state index is 13.2. The lowest BCUT2D eigenvalue weighted by Gasteiger charge is -2.00. The third-order valence-electron chi connectivity index (χ3n) is 3.04. The molecular weight excluding hydrogens is 271 g/mol. The summed E-state index contributed by atoms with van der Waals surface area (Å²) in [6, 6.07) is 14.9. The molecule has 2 nitrogen and oxygen atoms in total. The molecule has 0 aliphatic rings. The molecule has 1 aromatic heterocycles. The van der Waals surface area contributed by atoms with Crippen LogP contribution in [0.1, 0.15) is 10.6 Å². The quantitative estimate of drug-likeness (QED) is 0.735. The van der Waals surface area contributed by atoms with E-state index >= 15 is 0 Å². The van der Waals surface area contributed by atoms with Gasteiger partial charge in [0.25, 0.3) is 0 Å². The summed E-state index contributed by atoms with van der Waals surface area (Å²) < 4.78 is 13.2. The van der Waals surface area contributed by atoms with Gasteiger partial charge in [0.2, 0.25) is 0 Å². The van der Waals surface area contributed by atoms with Crippen LogP contribution < -0.4 is 5.73 Å². The monoisotopic (exact) mass is 284 g/mol. The zero-order valence-corrected chi connectivity index (χ0v) is 11.5. The van der Waals surface area contributed by atoms with Crippen molar-refractivity contribution < 1.29 is 4.39 Å². The van der Waals surface area contributed by atoms with E-state index in [2.05, 4.69) is 17.1 Å². The SMILES string of the molecule is Nc1cc(-c2csc(Cc3ccccc3)n2)ccc1F. The second-order valence-electron chi connectivity index (χ2n) is 4.53. The molecule has 0 spiro atoms. The van der Waals surface area contributed by atoms with E-state index in [1.165, 1.54) is 11.6 Å². The van der Waals surface area contributed by atoms with E-state index in [1.807, 2.05) is 23.6 Å². The zero-order chi connectivity index (χ0) is 13.9. The highest BCUT2D eigenvalue weighted by molar-refractivity contribution is 7.10. The highest BCUT2D eigenvalue weighted by Crippen LogP contribution is 2.26. The van der Waals surface area contributed by atoms with Crippen LogP contribution in [-0.4, -0.2) is 4.98 Å². The van der Waals surface area contributed by atoms with Crippen LogP contribution in [0.5, 0.6) is 0 Å². The Bertz CT molecular complexity index is 722. The molecule has 0 amide bonds. The fourth-order valence-corrected chi connectivity index (χ4v) is 2.84. The van der Waals surface area contributed by atoms with Crippen LogP contribution in [0.3, 0.4) is 0 Å². The summed E-state index contributed by atoms with van der Waals surface area (Å²) in [5, 5.41) is 3.01. The van der Waals surface area contributed by atoms with Gasteiger partial charge in [-0.25, -0.2) is 9.37 Å². The maximum atomic E-state index is 13.2. The second kappa shape index (κ2) is 5.43. The summed E-state index contributed by atoms with van der Waals surface area (Å²) >= 11 is 1.60. The summed E-state index contributed by atoms with van der Waals surface area (Å²) in [5.41, 5.74) is 8.66. The number of benzene rings is 2. The number of halogens is 1. The van der Waals surface area contributed by atoms with Crippen molar-refractivity contribution in [3.8, 4) is 11.3 Å². The molecule has 2 N–H and O–H groups in total. The lowest BCUT2D eigenvalue weighted by Crippen LogP contribution is -1.91. The summed E-state index contributed by atoms with van der Waals surface area (Å²) in [4.78, 5) is 4.59. The predicted octanol–water partition coefficient (Wildman–Crippen LogP) is 4.12. The Labute approximate surface area is 120 Å². The predicted molar refractivity (Wildman–Crippen MR) is 81.2 cm³/mol. The number of hydrogen-bond donors (Lipinski definition) is 1. The molecule has 0 aliphatic heterocycles. The molecule has 0 fully saturated rings. The molecule has 100 valence electrons. The van der Waals surface area contributed by atoms with E-state index in [4.69, 9.17) is 5.73 Å². The average Bonchev–Trinajstić information content (AvgIpc) is 2.91. The largest absolute Gasteiger partial charge is 0.396 e. The van der Waals surface area contributed by atoms with Crippen molar-refractivity contribution >= 4 is 17.0 Å². The topological polar surface area (TPSA) is 38.9 Å². The number of thiazole rings is 1. The Morgan fingerprint density at radius 2 is 1.90 bits per heavy atom. The molecule has 0 saturated heterocycles. The van der Waals surface area contributed by atoms with E-state index in [-0.39, 0.29) is 5.69 Å². The zero-order valence-electron chi connectivity index (χ0n) is 10.7. The smallest absolute Gasteiger partial charge is 0.146 e. The third kappa shape index (κ3) is 2.70. The van der Waals surface area contributed by atoms with Crippen LogP contribution in [0.4, 0.5) is 10.1 Å². The van der Waals surface area contributed by atoms with Crippen molar-refractivity contribution in [2.45, 2.75) is 6.42 Å². The standard InChI is InChI=1S/C16H13FN2S/c17-13-7-6-12(9-14(13)18)15-10-20-16(19-15)8-11-4-2-1-3-5-11/h1-7,9-10H,8,18H2. The number of nitrogen functional groups attached to an aromatic ring is 1. The van der Waals surface area contributed by atoms with Crippen molar-refractivity contribution in [3.05, 3.63) is 70.3 Å². The van der Waals surface area contributed by atoms with Crippen molar-refractivity contribution in [2.24, 2.45) is 0 Å². The van der Waals surface area contributed by atoms with Crippen LogP contribution >= 0.6 is 11.3 Å². The number of nitrogens with two attached hydrogens (primary N) is 1. The Morgan fingerprint density at radius 3 is 2.65 bits per heavy atom. The molecular formula is C16H13FN2S. The fourth-order valence-electron chi connectivity index (χ4n) is 2.00. The van der Waals surface area contributed by atoms with Gasteiger partial charge in [-0.05, 0) is 23.8 Å². The number of anilines is 1. The van der Waals surface area contributed by atoms with E-state index in [0.717, 1.165) is 22.7 Å². The first kappa shape index (κ1) is 12.8. The van der Waals surface area contributed by atoms with Gasteiger partial charge in [0.15, 0.2) is 0 Å². The molecule has 2 aromatic carbocycles. The summed E-state index contributed by atoms with van der Waals surface area (Å²) in [7, 11) is 0. The van der Waals surface area contributed by atoms with Crippen LogP contribution in [-0.2, 0) is 6.42 Å². The van der Waals surface area contributed by atoms with Gasteiger partial charge >= 0.3 is 0 Å². The summed E-state index contributed by atoms with van der Waals surface area (Å²) in [6.07, 6.45) is 0.808. The number of hydrogen-bond acceptors (Lipinski definition) is 3. The number of nitrogens with zero attached hydrogens (tertiary/aromatic N) is 1. The number of rotatable bonds is 3. The molecule has 20 heavy (non-hydrogen) atoms. The first-order chi connectivity index (χ1) is 9.72. The minimum Gasteiger partial charge on any atom is -0.396 e. The van der Waals surface area contributed by atoms with Crippen molar-refractivity contribution in [2.75, 3.05) is 5.73 Å². The molecule has 0 bridgehead atoms. The van der Waals surface area contributed by atoms with E-state index in [1.54, 1.807) is 23.5 Å². The molecule has 4 heteroatoms.